The molecule has 0 aliphatic carbocycles. The Morgan fingerprint density at radius 1 is 0.824 bits per heavy atom. The molecular weight excluding hydrogens is 260 g/mol. The molecule has 0 unspecified atom stereocenters. The fourth-order valence-corrected chi connectivity index (χ4v) is 0.958. The Morgan fingerprint density at radius 2 is 1.24 bits per heavy atom. The second kappa shape index (κ2) is 4.36. The minimum atomic E-state index is -4.67. The summed E-state index contributed by atoms with van der Waals surface area (Å²) in [4.78, 5) is 41.0. The molecule has 2 heterocycles. The Balaban J connectivity index is 0.000000249. The van der Waals surface area contributed by atoms with Gasteiger partial charge in [0, 0.05) is 0 Å². The molecule has 17 heavy (non-hydrogen) atoms. The van der Waals surface area contributed by atoms with Crippen LogP contribution in [0.4, 0.5) is 0 Å². The smallest absolute Gasteiger partial charge is 0.300 e. The van der Waals surface area contributed by atoms with E-state index < -0.39 is 27.3 Å². The molecule has 2 aromatic rings. The van der Waals surface area contributed by atoms with Crippen LogP contribution in [0, 0.1) is 0 Å². The fraction of sp³-hybridized carbons (Fsp3) is 0. The molecule has 6 N–H and O–H groups in total. The lowest BCUT2D eigenvalue weighted by atomic mass is 10.5. The van der Waals surface area contributed by atoms with E-state index in [1.54, 1.807) is 0 Å². The standard InChI is InChI=1S/C5H4N4O3.H2O4S/c10-3-1-2(7-4(11)6-1)8-5(12)9-3;1-5(2,3)4/h(H4,6,7,8,9,10,11,12);(H2,1,2,3,4). The van der Waals surface area contributed by atoms with Crippen molar-refractivity contribution in [3.63, 3.8) is 0 Å². The van der Waals surface area contributed by atoms with Gasteiger partial charge in [0.25, 0.3) is 5.56 Å². The maximum absolute atomic E-state index is 10.9. The predicted molar refractivity (Wildman–Crippen MR) is 54.3 cm³/mol. The molecule has 0 atom stereocenters. The number of aromatic amines is 4. The van der Waals surface area contributed by atoms with Crippen molar-refractivity contribution in [2.45, 2.75) is 0 Å². The highest BCUT2D eigenvalue weighted by atomic mass is 32.3. The van der Waals surface area contributed by atoms with Crippen LogP contribution in [0.25, 0.3) is 11.2 Å². The van der Waals surface area contributed by atoms with Gasteiger partial charge in [0.2, 0.25) is 0 Å². The zero-order chi connectivity index (χ0) is 13.2. The summed E-state index contributed by atoms with van der Waals surface area (Å²) < 4.78 is 31.6. The van der Waals surface area contributed by atoms with Crippen LogP contribution in [-0.4, -0.2) is 37.5 Å². The topological polar surface area (TPSA) is 189 Å². The lowest BCUT2D eigenvalue weighted by molar-refractivity contribution is 0.381. The summed E-state index contributed by atoms with van der Waals surface area (Å²) in [5.74, 6) is 0. The van der Waals surface area contributed by atoms with Crippen LogP contribution in [-0.2, 0) is 10.4 Å². The first-order valence-corrected chi connectivity index (χ1v) is 5.21. The van der Waals surface area contributed by atoms with Gasteiger partial charge in [0.15, 0.2) is 0 Å². The van der Waals surface area contributed by atoms with E-state index in [4.69, 9.17) is 17.5 Å². The van der Waals surface area contributed by atoms with E-state index in [2.05, 4.69) is 15.0 Å². The van der Waals surface area contributed by atoms with Crippen LogP contribution < -0.4 is 16.9 Å². The number of nitrogens with one attached hydrogen (secondary N) is 4. The minimum Gasteiger partial charge on any atom is -0.300 e. The molecule has 0 fully saturated rings. The average molecular weight is 266 g/mol. The van der Waals surface area contributed by atoms with Crippen molar-refractivity contribution >= 4 is 21.6 Å². The quantitative estimate of drug-likeness (QED) is 0.286. The summed E-state index contributed by atoms with van der Waals surface area (Å²) in [7, 11) is -4.67. The summed E-state index contributed by atoms with van der Waals surface area (Å²) in [5, 5.41) is 0. The lowest BCUT2D eigenvalue weighted by Crippen LogP contribution is -2.21. The summed E-state index contributed by atoms with van der Waals surface area (Å²) >= 11 is 0. The highest BCUT2D eigenvalue weighted by molar-refractivity contribution is 7.79. The van der Waals surface area contributed by atoms with Crippen LogP contribution in [0.1, 0.15) is 0 Å². The Kier molecular flexibility index (Phi) is 3.31. The first-order chi connectivity index (χ1) is 7.66. The third-order valence-corrected chi connectivity index (χ3v) is 1.42. The number of aromatic nitrogens is 4. The number of fused-ring (bicyclic) bond motifs is 1. The van der Waals surface area contributed by atoms with Gasteiger partial charge < -0.3 is 0 Å². The largest absolute Gasteiger partial charge is 0.394 e. The van der Waals surface area contributed by atoms with Crippen LogP contribution in [0.15, 0.2) is 14.4 Å². The third-order valence-electron chi connectivity index (χ3n) is 1.42. The van der Waals surface area contributed by atoms with Gasteiger partial charge in [-0.3, -0.25) is 33.8 Å². The molecule has 2 rings (SSSR count). The Bertz CT molecular complexity index is 782. The molecule has 0 spiro atoms. The molecular formula is C5H6N4O7S. The maximum Gasteiger partial charge on any atom is 0.394 e. The molecule has 0 aliphatic rings. The van der Waals surface area contributed by atoms with Gasteiger partial charge in [-0.05, 0) is 0 Å². The molecule has 94 valence electrons. The van der Waals surface area contributed by atoms with Gasteiger partial charge in [-0.2, -0.15) is 8.42 Å². The van der Waals surface area contributed by atoms with E-state index in [1.807, 2.05) is 4.98 Å². The summed E-state index contributed by atoms with van der Waals surface area (Å²) in [5.41, 5.74) is -1.65. The zero-order valence-electron chi connectivity index (χ0n) is 7.84. The molecule has 0 aliphatic heterocycles. The van der Waals surface area contributed by atoms with Crippen LogP contribution in [0.5, 0.6) is 0 Å². The number of hydrogen-bond acceptors (Lipinski definition) is 5. The van der Waals surface area contributed by atoms with E-state index in [0.29, 0.717) is 0 Å². The van der Waals surface area contributed by atoms with Crippen LogP contribution in [0.2, 0.25) is 0 Å². The van der Waals surface area contributed by atoms with E-state index in [-0.39, 0.29) is 11.2 Å². The number of imidazole rings is 1. The van der Waals surface area contributed by atoms with E-state index in [1.165, 1.54) is 0 Å². The second-order valence-corrected chi connectivity index (χ2v) is 3.58. The zero-order valence-corrected chi connectivity index (χ0v) is 8.66. The van der Waals surface area contributed by atoms with Gasteiger partial charge in [0.1, 0.15) is 11.2 Å². The molecule has 0 bridgehead atoms. The second-order valence-electron chi connectivity index (χ2n) is 2.69. The Morgan fingerprint density at radius 3 is 1.71 bits per heavy atom. The summed E-state index contributed by atoms with van der Waals surface area (Å²) in [6.07, 6.45) is 0. The van der Waals surface area contributed by atoms with Gasteiger partial charge in [-0.1, -0.05) is 0 Å². The third kappa shape index (κ3) is 4.06. The van der Waals surface area contributed by atoms with Crippen molar-refractivity contribution in [3.05, 3.63) is 31.3 Å². The monoisotopic (exact) mass is 266 g/mol. The molecule has 0 aromatic carbocycles. The lowest BCUT2D eigenvalue weighted by Gasteiger charge is -1.83. The van der Waals surface area contributed by atoms with Crippen LogP contribution >= 0.6 is 0 Å². The van der Waals surface area contributed by atoms with Gasteiger partial charge >= 0.3 is 21.8 Å². The average Bonchev–Trinajstić information content (AvgIpc) is 2.42. The van der Waals surface area contributed by atoms with Crippen molar-refractivity contribution in [1.82, 2.24) is 19.9 Å². The molecule has 12 heteroatoms. The van der Waals surface area contributed by atoms with E-state index >= 15 is 0 Å². The highest BCUT2D eigenvalue weighted by Crippen LogP contribution is 1.88. The van der Waals surface area contributed by atoms with Gasteiger partial charge in [-0.15, -0.1) is 0 Å². The Labute approximate surface area is 91.1 Å². The number of hydrogen-bond donors (Lipinski definition) is 6. The summed E-state index contributed by atoms with van der Waals surface area (Å²) in [6, 6.07) is 0. The first kappa shape index (κ1) is 12.9. The minimum absolute atomic E-state index is 0.0413. The normalized spacial score (nSPS) is 10.9. The molecule has 0 saturated carbocycles. The van der Waals surface area contributed by atoms with Crippen LogP contribution in [0.3, 0.4) is 0 Å². The first-order valence-electron chi connectivity index (χ1n) is 3.81. The van der Waals surface area contributed by atoms with Crippen molar-refractivity contribution in [2.24, 2.45) is 0 Å². The molecule has 0 amide bonds. The molecule has 2 aromatic heterocycles. The number of H-pyrrole nitrogens is 4. The Hall–Kier alpha value is -2.18. The van der Waals surface area contributed by atoms with Gasteiger partial charge in [-0.25, -0.2) is 9.59 Å². The predicted octanol–water partition coefficient (Wildman–Crippen LogP) is -2.42. The van der Waals surface area contributed by atoms with Crippen molar-refractivity contribution < 1.29 is 17.5 Å². The number of rotatable bonds is 0. The van der Waals surface area contributed by atoms with Crippen molar-refractivity contribution in [1.29, 1.82) is 0 Å². The summed E-state index contributed by atoms with van der Waals surface area (Å²) in [6.45, 7) is 0. The van der Waals surface area contributed by atoms with Gasteiger partial charge in [0.05, 0.1) is 0 Å². The van der Waals surface area contributed by atoms with Crippen molar-refractivity contribution in [2.75, 3.05) is 0 Å². The highest BCUT2D eigenvalue weighted by Gasteiger charge is 2.02. The molecule has 11 nitrogen and oxygen atoms in total. The molecule has 0 radical (unpaired) electrons. The molecule has 0 saturated heterocycles. The van der Waals surface area contributed by atoms with Crippen molar-refractivity contribution in [3.8, 4) is 0 Å². The SMILES string of the molecule is O=S(=O)(O)O.O=c1[nH]c(=O)c2[nH]c(=O)[nH]c2[nH]1. The van der Waals surface area contributed by atoms with E-state index in [0.717, 1.165) is 0 Å². The van der Waals surface area contributed by atoms with E-state index in [9.17, 15) is 14.4 Å². The maximum atomic E-state index is 10.9. The fourth-order valence-electron chi connectivity index (χ4n) is 0.958.